The third-order valence-electron chi connectivity index (χ3n) is 5.19. The van der Waals surface area contributed by atoms with Crippen molar-refractivity contribution >= 4 is 17.7 Å². The molecule has 1 heterocycles. The van der Waals surface area contributed by atoms with Crippen LogP contribution in [0.3, 0.4) is 0 Å². The van der Waals surface area contributed by atoms with Crippen molar-refractivity contribution in [3.8, 4) is 0 Å². The lowest BCUT2D eigenvalue weighted by Crippen LogP contribution is -2.40. The van der Waals surface area contributed by atoms with Crippen LogP contribution >= 0.6 is 0 Å². The maximum atomic E-state index is 12.1. The van der Waals surface area contributed by atoms with Crippen molar-refractivity contribution in [2.75, 3.05) is 0 Å². The molecule has 1 aliphatic carbocycles. The molecule has 0 unspecified atom stereocenters. The van der Waals surface area contributed by atoms with Crippen LogP contribution in [0.15, 0.2) is 22.8 Å². The number of hydrogen-bond acceptors (Lipinski definition) is 5. The smallest absolute Gasteiger partial charge is 0.334 e. The van der Waals surface area contributed by atoms with Crippen LogP contribution in [0.25, 0.3) is 0 Å². The van der Waals surface area contributed by atoms with Crippen molar-refractivity contribution in [2.45, 2.75) is 72.5 Å². The van der Waals surface area contributed by atoms with Gasteiger partial charge in [-0.1, -0.05) is 18.6 Å². The summed E-state index contributed by atoms with van der Waals surface area (Å²) in [7, 11) is 0. The van der Waals surface area contributed by atoms with Gasteiger partial charge in [0.1, 0.15) is 18.0 Å². The molecule has 1 aliphatic heterocycles. The maximum Gasteiger partial charge on any atom is 0.334 e. The Hall–Kier alpha value is -1.91. The summed E-state index contributed by atoms with van der Waals surface area (Å²) in [5.74, 6) is -0.549. The number of fused-ring (bicyclic) bond motifs is 1. The van der Waals surface area contributed by atoms with Crippen molar-refractivity contribution in [1.29, 1.82) is 0 Å². The molecule has 0 N–H and O–H groups in total. The van der Waals surface area contributed by atoms with Gasteiger partial charge in [0.15, 0.2) is 0 Å². The lowest BCUT2D eigenvalue weighted by atomic mass is 9.72. The van der Waals surface area contributed by atoms with Gasteiger partial charge in [-0.2, -0.15) is 0 Å². The highest BCUT2D eigenvalue weighted by atomic mass is 16.6. The fraction of sp³-hybridized carbons (Fsp3) is 0.650. The quantitative estimate of drug-likeness (QED) is 0.417. The molecular formula is C20H28O5. The highest BCUT2D eigenvalue weighted by Gasteiger charge is 2.50. The third kappa shape index (κ3) is 4.20. The Kier molecular flexibility index (Phi) is 6.20. The van der Waals surface area contributed by atoms with Crippen LogP contribution in [0.5, 0.6) is 0 Å². The number of carbonyl (C=O) groups is 3. The fourth-order valence-corrected chi connectivity index (χ4v) is 4.14. The molecule has 25 heavy (non-hydrogen) atoms. The van der Waals surface area contributed by atoms with E-state index in [2.05, 4.69) is 6.92 Å². The molecule has 0 spiro atoms. The largest absolute Gasteiger partial charge is 0.458 e. The van der Waals surface area contributed by atoms with Crippen molar-refractivity contribution in [2.24, 2.45) is 11.8 Å². The van der Waals surface area contributed by atoms with E-state index in [1.54, 1.807) is 13.0 Å². The van der Waals surface area contributed by atoms with E-state index in [9.17, 15) is 14.4 Å². The second-order valence-electron chi connectivity index (χ2n) is 7.18. The molecule has 1 saturated heterocycles. The summed E-state index contributed by atoms with van der Waals surface area (Å²) >= 11 is 0. The number of ether oxygens (including phenoxy) is 2. The van der Waals surface area contributed by atoms with Gasteiger partial charge in [0, 0.05) is 25.3 Å². The standard InChI is InChI=1S/C20H28O5/c1-6-15-18-16(25-20(15)23)10-12(3)17(19(18)24-14(5)22)11(2)8-7-9-13(4)21/h6,11,16,18-19H,7-10H2,1-5H3/b15-6+/t11-,16-,18-,19-/m1/s1. The number of hydrogen-bond donors (Lipinski definition) is 0. The van der Waals surface area contributed by atoms with E-state index < -0.39 is 6.10 Å². The number of ketones is 1. The first-order valence-electron chi connectivity index (χ1n) is 8.99. The first-order valence-corrected chi connectivity index (χ1v) is 8.99. The van der Waals surface area contributed by atoms with E-state index in [1.807, 2.05) is 13.8 Å². The monoisotopic (exact) mass is 348 g/mol. The minimum Gasteiger partial charge on any atom is -0.458 e. The van der Waals surface area contributed by atoms with Gasteiger partial charge in [-0.3, -0.25) is 4.79 Å². The minimum atomic E-state index is -0.471. The predicted molar refractivity (Wildman–Crippen MR) is 93.7 cm³/mol. The highest BCUT2D eigenvalue weighted by molar-refractivity contribution is 5.92. The van der Waals surface area contributed by atoms with Crippen LogP contribution < -0.4 is 0 Å². The van der Waals surface area contributed by atoms with Crippen LogP contribution in [0.4, 0.5) is 0 Å². The molecule has 5 nitrogen and oxygen atoms in total. The number of carbonyl (C=O) groups excluding carboxylic acids is 3. The van der Waals surface area contributed by atoms with Crippen molar-refractivity contribution < 1.29 is 23.9 Å². The maximum absolute atomic E-state index is 12.1. The summed E-state index contributed by atoms with van der Waals surface area (Å²) in [6.07, 6.45) is 3.90. The summed E-state index contributed by atoms with van der Waals surface area (Å²) in [6, 6.07) is 0. The summed E-state index contributed by atoms with van der Waals surface area (Å²) in [5, 5.41) is 0. The molecule has 2 rings (SSSR count). The molecule has 4 atom stereocenters. The number of allylic oxidation sites excluding steroid dienone is 1. The number of rotatable bonds is 6. The first kappa shape index (κ1) is 19.4. The van der Waals surface area contributed by atoms with Gasteiger partial charge in [0.2, 0.25) is 0 Å². The third-order valence-corrected chi connectivity index (χ3v) is 5.19. The topological polar surface area (TPSA) is 69.7 Å². The molecule has 0 aromatic rings. The zero-order valence-electron chi connectivity index (χ0n) is 15.8. The van der Waals surface area contributed by atoms with Crippen molar-refractivity contribution in [3.05, 3.63) is 22.8 Å². The van der Waals surface area contributed by atoms with E-state index >= 15 is 0 Å². The zero-order valence-corrected chi connectivity index (χ0v) is 15.8. The van der Waals surface area contributed by atoms with Crippen molar-refractivity contribution in [3.63, 3.8) is 0 Å². The molecule has 0 amide bonds. The lowest BCUT2D eigenvalue weighted by molar-refractivity contribution is -0.148. The van der Waals surface area contributed by atoms with Gasteiger partial charge in [-0.15, -0.1) is 0 Å². The van der Waals surface area contributed by atoms with E-state index in [4.69, 9.17) is 9.47 Å². The SMILES string of the molecule is C/C=C1/C(=O)O[C@@H]2CC(C)=C([C@H](C)CCCC(C)=O)[C@@H](OC(C)=O)[C@H]12. The number of esters is 2. The minimum absolute atomic E-state index is 0.179. The molecule has 0 radical (unpaired) electrons. The van der Waals surface area contributed by atoms with Gasteiger partial charge < -0.3 is 14.3 Å². The van der Waals surface area contributed by atoms with Gasteiger partial charge in [0.25, 0.3) is 0 Å². The molecule has 0 aromatic heterocycles. The molecule has 1 fully saturated rings. The first-order chi connectivity index (χ1) is 11.8. The summed E-state index contributed by atoms with van der Waals surface area (Å²) in [4.78, 5) is 35.1. The Balaban J connectivity index is 2.31. The molecule has 0 saturated carbocycles. The van der Waals surface area contributed by atoms with Gasteiger partial charge >= 0.3 is 11.9 Å². The van der Waals surface area contributed by atoms with Crippen LogP contribution in [0.1, 0.15) is 60.3 Å². The Morgan fingerprint density at radius 2 is 2.04 bits per heavy atom. The number of Topliss-reactive ketones (excluding diaryl/α,β-unsaturated/α-hetero) is 1. The van der Waals surface area contributed by atoms with Gasteiger partial charge in [0.05, 0.1) is 5.92 Å². The average molecular weight is 348 g/mol. The molecular weight excluding hydrogens is 320 g/mol. The Morgan fingerprint density at radius 3 is 2.60 bits per heavy atom. The Labute approximate surface area is 149 Å². The summed E-state index contributed by atoms with van der Waals surface area (Å²) in [6.45, 7) is 8.92. The summed E-state index contributed by atoms with van der Waals surface area (Å²) < 4.78 is 11.2. The Bertz CT molecular complexity index is 628. The van der Waals surface area contributed by atoms with E-state index in [0.29, 0.717) is 18.4 Å². The van der Waals surface area contributed by atoms with Gasteiger partial charge in [-0.05, 0) is 45.1 Å². The second kappa shape index (κ2) is 7.98. The normalized spacial score (nSPS) is 28.6. The average Bonchev–Trinajstić information content (AvgIpc) is 2.81. The van der Waals surface area contributed by atoms with E-state index in [0.717, 1.165) is 24.0 Å². The fourth-order valence-electron chi connectivity index (χ4n) is 4.14. The molecule has 0 bridgehead atoms. The van der Waals surface area contributed by atoms with Crippen molar-refractivity contribution in [1.82, 2.24) is 0 Å². The second-order valence-corrected chi connectivity index (χ2v) is 7.18. The highest BCUT2D eigenvalue weighted by Crippen LogP contribution is 2.45. The molecule has 5 heteroatoms. The van der Waals surface area contributed by atoms with Crippen LogP contribution in [-0.4, -0.2) is 29.9 Å². The lowest BCUT2D eigenvalue weighted by Gasteiger charge is -2.37. The van der Waals surface area contributed by atoms with Gasteiger partial charge in [-0.25, -0.2) is 4.79 Å². The van der Waals surface area contributed by atoms with Crippen LogP contribution in [-0.2, 0) is 23.9 Å². The molecule has 0 aromatic carbocycles. The Morgan fingerprint density at radius 1 is 1.36 bits per heavy atom. The van der Waals surface area contributed by atoms with E-state index in [1.165, 1.54) is 6.92 Å². The molecule has 2 aliphatic rings. The zero-order chi connectivity index (χ0) is 18.7. The van der Waals surface area contributed by atoms with Crippen LogP contribution in [0, 0.1) is 11.8 Å². The predicted octanol–water partition coefficient (Wildman–Crippen LogP) is 3.52. The summed E-state index contributed by atoms with van der Waals surface area (Å²) in [5.41, 5.74) is 2.79. The van der Waals surface area contributed by atoms with E-state index in [-0.39, 0.29) is 35.7 Å². The molecule has 138 valence electrons. The van der Waals surface area contributed by atoms with Crippen LogP contribution in [0.2, 0.25) is 0 Å².